The zero-order valence-corrected chi connectivity index (χ0v) is 10.4. The quantitative estimate of drug-likeness (QED) is 0.695. The number of rotatable bonds is 4. The first-order valence-corrected chi connectivity index (χ1v) is 5.86. The summed E-state index contributed by atoms with van der Waals surface area (Å²) in [6.45, 7) is 8.45. The Labute approximate surface area is 96.7 Å². The lowest BCUT2D eigenvalue weighted by Gasteiger charge is -2.23. The van der Waals surface area contributed by atoms with Crippen LogP contribution < -0.4 is 0 Å². The van der Waals surface area contributed by atoms with E-state index in [0.717, 1.165) is 18.1 Å². The molecule has 0 aromatic heterocycles. The van der Waals surface area contributed by atoms with Gasteiger partial charge in [0.25, 0.3) is 0 Å². The Hall–Kier alpha value is -0.920. The largest absolute Gasteiger partial charge is 0.207 e. The van der Waals surface area contributed by atoms with Crippen LogP contribution in [0.5, 0.6) is 0 Å². The highest BCUT2D eigenvalue weighted by Gasteiger charge is 2.18. The summed E-state index contributed by atoms with van der Waals surface area (Å²) in [7, 11) is 0. The van der Waals surface area contributed by atoms with Gasteiger partial charge in [-0.15, -0.1) is 0 Å². The Morgan fingerprint density at radius 1 is 0.938 bits per heavy atom. The number of hydrogen-bond acceptors (Lipinski definition) is 0. The van der Waals surface area contributed by atoms with Crippen LogP contribution in [0.25, 0.3) is 0 Å². The van der Waals surface area contributed by atoms with E-state index in [9.17, 15) is 8.78 Å². The minimum absolute atomic E-state index is 0.227. The maximum Gasteiger partial charge on any atom is 0.126 e. The molecule has 0 fully saturated rings. The van der Waals surface area contributed by atoms with Crippen LogP contribution in [0.3, 0.4) is 0 Å². The van der Waals surface area contributed by atoms with Gasteiger partial charge in [0.15, 0.2) is 0 Å². The molecular formula is C14H20F2. The Kier molecular flexibility index (Phi) is 4.45. The molecule has 0 saturated heterocycles. The van der Waals surface area contributed by atoms with Crippen LogP contribution in [0.4, 0.5) is 8.78 Å². The van der Waals surface area contributed by atoms with Gasteiger partial charge in [0.2, 0.25) is 0 Å². The van der Waals surface area contributed by atoms with Gasteiger partial charge in [0.05, 0.1) is 0 Å². The molecule has 0 aliphatic heterocycles. The second-order valence-corrected chi connectivity index (χ2v) is 5.18. The van der Waals surface area contributed by atoms with Gasteiger partial charge in [-0.1, -0.05) is 27.7 Å². The maximum atomic E-state index is 13.1. The lowest BCUT2D eigenvalue weighted by Crippen LogP contribution is -2.10. The lowest BCUT2D eigenvalue weighted by atomic mass is 9.82. The van der Waals surface area contributed by atoms with Crippen molar-refractivity contribution in [3.63, 3.8) is 0 Å². The summed E-state index contributed by atoms with van der Waals surface area (Å²) in [5, 5.41) is 0. The lowest BCUT2D eigenvalue weighted by molar-refractivity contribution is 0.404. The van der Waals surface area contributed by atoms with E-state index in [0.29, 0.717) is 11.8 Å². The molecule has 0 saturated carbocycles. The van der Waals surface area contributed by atoms with Gasteiger partial charge in [-0.25, -0.2) is 8.78 Å². The molecule has 1 aromatic rings. The van der Waals surface area contributed by atoms with Crippen molar-refractivity contribution in [1.82, 2.24) is 0 Å². The van der Waals surface area contributed by atoms with Gasteiger partial charge >= 0.3 is 0 Å². The minimum Gasteiger partial charge on any atom is -0.207 e. The van der Waals surface area contributed by atoms with Crippen molar-refractivity contribution in [3.8, 4) is 0 Å². The molecule has 0 aliphatic carbocycles. The fourth-order valence-corrected chi connectivity index (χ4v) is 2.09. The second kappa shape index (κ2) is 5.42. The first-order valence-electron chi connectivity index (χ1n) is 5.86. The summed E-state index contributed by atoms with van der Waals surface area (Å²) in [5.74, 6) is 0.182. The van der Waals surface area contributed by atoms with Crippen molar-refractivity contribution in [2.24, 2.45) is 11.8 Å². The van der Waals surface area contributed by atoms with E-state index in [1.165, 1.54) is 12.1 Å². The Bertz CT molecular complexity index is 322. The summed E-state index contributed by atoms with van der Waals surface area (Å²) in [5.41, 5.74) is 0.779. The summed E-state index contributed by atoms with van der Waals surface area (Å²) in [4.78, 5) is 0. The molecule has 0 nitrogen and oxygen atoms in total. The predicted molar refractivity (Wildman–Crippen MR) is 63.4 cm³/mol. The van der Waals surface area contributed by atoms with E-state index in [1.54, 1.807) is 0 Å². The molecule has 2 heteroatoms. The molecule has 0 amide bonds. The third-order valence-electron chi connectivity index (χ3n) is 2.84. The van der Waals surface area contributed by atoms with Crippen LogP contribution in [0.15, 0.2) is 18.2 Å². The van der Waals surface area contributed by atoms with Crippen LogP contribution >= 0.6 is 0 Å². The molecular weight excluding hydrogens is 206 g/mol. The molecule has 16 heavy (non-hydrogen) atoms. The van der Waals surface area contributed by atoms with Gasteiger partial charge in [0.1, 0.15) is 11.6 Å². The molecule has 0 N–H and O–H groups in total. The molecule has 90 valence electrons. The van der Waals surface area contributed by atoms with E-state index in [2.05, 4.69) is 27.7 Å². The van der Waals surface area contributed by atoms with Gasteiger partial charge in [-0.3, -0.25) is 0 Å². The topological polar surface area (TPSA) is 0 Å². The number of hydrogen-bond donors (Lipinski definition) is 0. The number of benzene rings is 1. The van der Waals surface area contributed by atoms with Crippen molar-refractivity contribution in [1.29, 1.82) is 0 Å². The number of halogens is 2. The fourth-order valence-electron chi connectivity index (χ4n) is 2.09. The smallest absolute Gasteiger partial charge is 0.126 e. The van der Waals surface area contributed by atoms with Gasteiger partial charge in [-0.05, 0) is 41.9 Å². The first kappa shape index (κ1) is 13.1. The minimum atomic E-state index is -0.482. The predicted octanol–water partition coefficient (Wildman–Crippen LogP) is 4.75. The molecule has 0 bridgehead atoms. The summed E-state index contributed by atoms with van der Waals surface area (Å²) < 4.78 is 26.3. The van der Waals surface area contributed by atoms with Crippen LogP contribution in [0, 0.1) is 23.5 Å². The van der Waals surface area contributed by atoms with Crippen LogP contribution in [-0.4, -0.2) is 0 Å². The van der Waals surface area contributed by atoms with E-state index in [-0.39, 0.29) is 5.92 Å². The highest BCUT2D eigenvalue weighted by atomic mass is 19.1. The molecule has 0 aliphatic rings. The molecule has 0 heterocycles. The second-order valence-electron chi connectivity index (χ2n) is 5.18. The van der Waals surface area contributed by atoms with E-state index >= 15 is 0 Å². The summed E-state index contributed by atoms with van der Waals surface area (Å²) in [6.07, 6.45) is 0.959. The van der Waals surface area contributed by atoms with E-state index in [1.807, 2.05) is 0 Å². The SMILES string of the molecule is CC(C)CC(c1cc(F)cc(F)c1)C(C)C. The summed E-state index contributed by atoms with van der Waals surface area (Å²) >= 11 is 0. The summed E-state index contributed by atoms with van der Waals surface area (Å²) in [6, 6.07) is 3.84. The maximum absolute atomic E-state index is 13.1. The van der Waals surface area contributed by atoms with E-state index < -0.39 is 11.6 Å². The first-order chi connectivity index (χ1) is 7.40. The zero-order chi connectivity index (χ0) is 12.3. The zero-order valence-electron chi connectivity index (χ0n) is 10.4. The van der Waals surface area contributed by atoms with Gasteiger partial charge < -0.3 is 0 Å². The molecule has 0 spiro atoms. The Morgan fingerprint density at radius 2 is 1.44 bits per heavy atom. The fraction of sp³-hybridized carbons (Fsp3) is 0.571. The molecule has 1 rings (SSSR count). The van der Waals surface area contributed by atoms with Crippen LogP contribution in [0.1, 0.15) is 45.6 Å². The van der Waals surface area contributed by atoms with Gasteiger partial charge in [0, 0.05) is 6.07 Å². The highest BCUT2D eigenvalue weighted by molar-refractivity contribution is 5.22. The standard InChI is InChI=1S/C14H20F2/c1-9(2)5-14(10(3)4)11-6-12(15)8-13(16)7-11/h6-10,14H,5H2,1-4H3. The Balaban J connectivity index is 3.00. The van der Waals surface area contributed by atoms with Crippen molar-refractivity contribution in [2.75, 3.05) is 0 Å². The van der Waals surface area contributed by atoms with Crippen molar-refractivity contribution in [3.05, 3.63) is 35.4 Å². The van der Waals surface area contributed by atoms with Crippen molar-refractivity contribution in [2.45, 2.75) is 40.0 Å². The highest BCUT2D eigenvalue weighted by Crippen LogP contribution is 2.31. The van der Waals surface area contributed by atoms with Gasteiger partial charge in [-0.2, -0.15) is 0 Å². The average Bonchev–Trinajstić information content (AvgIpc) is 2.11. The third kappa shape index (κ3) is 3.58. The molecule has 0 radical (unpaired) electrons. The Morgan fingerprint density at radius 3 is 1.81 bits per heavy atom. The van der Waals surface area contributed by atoms with Crippen molar-refractivity contribution < 1.29 is 8.78 Å². The third-order valence-corrected chi connectivity index (χ3v) is 2.84. The monoisotopic (exact) mass is 226 g/mol. The average molecular weight is 226 g/mol. The van der Waals surface area contributed by atoms with E-state index in [4.69, 9.17) is 0 Å². The molecule has 1 unspecified atom stereocenters. The van der Waals surface area contributed by atoms with Crippen molar-refractivity contribution >= 4 is 0 Å². The van der Waals surface area contributed by atoms with Crippen LogP contribution in [-0.2, 0) is 0 Å². The van der Waals surface area contributed by atoms with Crippen LogP contribution in [0.2, 0.25) is 0 Å². The molecule has 1 aromatic carbocycles. The normalized spacial score (nSPS) is 13.5. The molecule has 1 atom stereocenters.